The fourth-order valence-corrected chi connectivity index (χ4v) is 3.70. The molecular formula is C14H21FN2O3S. The number of aliphatic hydroxyl groups is 1. The Kier molecular flexibility index (Phi) is 4.98. The van der Waals surface area contributed by atoms with Crippen molar-refractivity contribution in [2.24, 2.45) is 0 Å². The van der Waals surface area contributed by atoms with E-state index in [2.05, 4.69) is 0 Å². The van der Waals surface area contributed by atoms with Crippen molar-refractivity contribution in [3.8, 4) is 0 Å². The van der Waals surface area contributed by atoms with Gasteiger partial charge in [0, 0.05) is 26.2 Å². The molecule has 1 fully saturated rings. The fraction of sp³-hybridized carbons (Fsp3) is 0.571. The lowest BCUT2D eigenvalue weighted by atomic mass is 10.1. The molecule has 1 N–H and O–H groups in total. The van der Waals surface area contributed by atoms with Gasteiger partial charge in [0.1, 0.15) is 5.82 Å². The maximum Gasteiger partial charge on any atom is 0.282 e. The third-order valence-corrected chi connectivity index (χ3v) is 5.78. The van der Waals surface area contributed by atoms with Crippen LogP contribution in [0.3, 0.4) is 0 Å². The van der Waals surface area contributed by atoms with E-state index in [0.717, 1.165) is 12.8 Å². The zero-order valence-corrected chi connectivity index (χ0v) is 13.1. The smallest absolute Gasteiger partial charge is 0.282 e. The molecule has 0 spiro atoms. The minimum absolute atomic E-state index is 0.0109. The van der Waals surface area contributed by atoms with Crippen LogP contribution in [0.1, 0.15) is 31.4 Å². The molecule has 118 valence electrons. The molecule has 1 aromatic rings. The van der Waals surface area contributed by atoms with Crippen LogP contribution in [0.5, 0.6) is 0 Å². The normalized spacial score (nSPS) is 17.4. The Hall–Kier alpha value is -1.02. The molecule has 1 aromatic carbocycles. The van der Waals surface area contributed by atoms with E-state index in [4.69, 9.17) is 0 Å². The molecule has 1 saturated carbocycles. The lowest BCUT2D eigenvalue weighted by Gasteiger charge is -2.28. The molecule has 1 unspecified atom stereocenters. The molecule has 0 radical (unpaired) electrons. The Bertz CT molecular complexity index is 572. The number of hydrogen-bond donors (Lipinski definition) is 1. The number of benzene rings is 1. The average Bonchev–Trinajstić information content (AvgIpc) is 3.28. The molecule has 0 amide bonds. The molecule has 1 aliphatic rings. The predicted molar refractivity (Wildman–Crippen MR) is 78.3 cm³/mol. The van der Waals surface area contributed by atoms with Gasteiger partial charge in [-0.15, -0.1) is 0 Å². The fourth-order valence-electron chi connectivity index (χ4n) is 2.10. The molecule has 0 saturated heterocycles. The summed E-state index contributed by atoms with van der Waals surface area (Å²) in [4.78, 5) is 0. The number of halogens is 1. The van der Waals surface area contributed by atoms with E-state index in [9.17, 15) is 17.9 Å². The first-order valence-electron chi connectivity index (χ1n) is 7.03. The van der Waals surface area contributed by atoms with Gasteiger partial charge in [0.2, 0.25) is 0 Å². The zero-order chi connectivity index (χ0) is 15.6. The highest BCUT2D eigenvalue weighted by Gasteiger charge is 2.40. The third-order valence-electron chi connectivity index (χ3n) is 3.70. The second-order valence-electron chi connectivity index (χ2n) is 5.29. The van der Waals surface area contributed by atoms with Crippen LogP contribution < -0.4 is 0 Å². The highest BCUT2D eigenvalue weighted by atomic mass is 32.2. The number of aliphatic hydroxyl groups excluding tert-OH is 1. The van der Waals surface area contributed by atoms with Crippen LogP contribution in [0, 0.1) is 5.82 Å². The van der Waals surface area contributed by atoms with E-state index < -0.39 is 16.3 Å². The maximum absolute atomic E-state index is 12.9. The summed E-state index contributed by atoms with van der Waals surface area (Å²) in [7, 11) is -2.04. The molecule has 1 atom stereocenters. The van der Waals surface area contributed by atoms with Crippen molar-refractivity contribution in [1.29, 1.82) is 0 Å². The van der Waals surface area contributed by atoms with Crippen LogP contribution in [0.4, 0.5) is 4.39 Å². The molecule has 0 aliphatic heterocycles. The van der Waals surface area contributed by atoms with Gasteiger partial charge in [-0.25, -0.2) is 4.39 Å². The summed E-state index contributed by atoms with van der Waals surface area (Å²) in [6, 6.07) is 5.42. The standard InChI is InChI=1S/C14H21FN2O3S/c1-3-16(2)21(19,20)17(13-8-9-13)10-14(18)11-4-6-12(15)7-5-11/h4-7,13-14,18H,3,8-10H2,1-2H3. The number of rotatable bonds is 7. The highest BCUT2D eigenvalue weighted by molar-refractivity contribution is 7.86. The van der Waals surface area contributed by atoms with Crippen molar-refractivity contribution in [1.82, 2.24) is 8.61 Å². The van der Waals surface area contributed by atoms with Gasteiger partial charge >= 0.3 is 0 Å². The molecule has 1 aliphatic carbocycles. The largest absolute Gasteiger partial charge is 0.387 e. The Morgan fingerprint density at radius 1 is 1.33 bits per heavy atom. The summed E-state index contributed by atoms with van der Waals surface area (Å²) in [5.74, 6) is -0.386. The number of hydrogen-bond acceptors (Lipinski definition) is 3. The van der Waals surface area contributed by atoms with E-state index in [1.54, 1.807) is 6.92 Å². The SMILES string of the molecule is CCN(C)S(=O)(=O)N(CC(O)c1ccc(F)cc1)C1CC1. The Labute approximate surface area is 125 Å². The van der Waals surface area contributed by atoms with E-state index in [1.807, 2.05) is 0 Å². The zero-order valence-electron chi connectivity index (χ0n) is 12.2. The van der Waals surface area contributed by atoms with Crippen LogP contribution in [0.25, 0.3) is 0 Å². The van der Waals surface area contributed by atoms with Crippen LogP contribution in [-0.4, -0.2) is 48.3 Å². The summed E-state index contributed by atoms with van der Waals surface area (Å²) in [6.45, 7) is 2.13. The Balaban J connectivity index is 2.15. The van der Waals surface area contributed by atoms with Gasteiger partial charge in [-0.1, -0.05) is 19.1 Å². The molecule has 21 heavy (non-hydrogen) atoms. The van der Waals surface area contributed by atoms with Gasteiger partial charge in [-0.05, 0) is 30.5 Å². The highest BCUT2D eigenvalue weighted by Crippen LogP contribution is 2.32. The van der Waals surface area contributed by atoms with Crippen LogP contribution >= 0.6 is 0 Å². The topological polar surface area (TPSA) is 60.9 Å². The molecule has 5 nitrogen and oxygen atoms in total. The van der Waals surface area contributed by atoms with Gasteiger partial charge in [0.25, 0.3) is 10.2 Å². The molecule has 7 heteroatoms. The van der Waals surface area contributed by atoms with Crippen molar-refractivity contribution in [3.05, 3.63) is 35.6 Å². The van der Waals surface area contributed by atoms with Crippen LogP contribution in [0.2, 0.25) is 0 Å². The van der Waals surface area contributed by atoms with Gasteiger partial charge < -0.3 is 5.11 Å². The lowest BCUT2D eigenvalue weighted by Crippen LogP contribution is -2.44. The summed E-state index contributed by atoms with van der Waals surface area (Å²) < 4.78 is 40.4. The van der Waals surface area contributed by atoms with E-state index in [1.165, 1.54) is 39.9 Å². The number of nitrogens with zero attached hydrogens (tertiary/aromatic N) is 2. The second-order valence-corrected chi connectivity index (χ2v) is 7.28. The minimum Gasteiger partial charge on any atom is -0.387 e. The molecule has 0 bridgehead atoms. The van der Waals surface area contributed by atoms with Crippen molar-refractivity contribution < 1.29 is 17.9 Å². The summed E-state index contributed by atoms with van der Waals surface area (Å²) >= 11 is 0. The van der Waals surface area contributed by atoms with Crippen molar-refractivity contribution in [3.63, 3.8) is 0 Å². The second kappa shape index (κ2) is 6.39. The summed E-state index contributed by atoms with van der Waals surface area (Å²) in [6.07, 6.45) is 0.658. The quantitative estimate of drug-likeness (QED) is 0.830. The maximum atomic E-state index is 12.9. The third kappa shape index (κ3) is 3.79. The predicted octanol–water partition coefficient (Wildman–Crippen LogP) is 1.52. The molecule has 0 aromatic heterocycles. The van der Waals surface area contributed by atoms with Gasteiger partial charge in [0.05, 0.1) is 6.10 Å². The minimum atomic E-state index is -3.57. The van der Waals surface area contributed by atoms with Gasteiger partial charge in [-0.2, -0.15) is 17.0 Å². The van der Waals surface area contributed by atoms with Crippen molar-refractivity contribution in [2.75, 3.05) is 20.1 Å². The molecule has 2 rings (SSSR count). The first-order chi connectivity index (χ1) is 9.86. The Morgan fingerprint density at radius 2 is 1.90 bits per heavy atom. The summed E-state index contributed by atoms with van der Waals surface area (Å²) in [5.41, 5.74) is 0.511. The Morgan fingerprint density at radius 3 is 2.38 bits per heavy atom. The lowest BCUT2D eigenvalue weighted by molar-refractivity contribution is 0.142. The van der Waals surface area contributed by atoms with E-state index in [-0.39, 0.29) is 18.4 Å². The van der Waals surface area contributed by atoms with Crippen LogP contribution in [0.15, 0.2) is 24.3 Å². The van der Waals surface area contributed by atoms with E-state index in [0.29, 0.717) is 12.1 Å². The monoisotopic (exact) mass is 316 g/mol. The first-order valence-corrected chi connectivity index (χ1v) is 8.42. The van der Waals surface area contributed by atoms with Crippen molar-refractivity contribution in [2.45, 2.75) is 31.9 Å². The van der Waals surface area contributed by atoms with E-state index >= 15 is 0 Å². The molecular weight excluding hydrogens is 295 g/mol. The summed E-state index contributed by atoms with van der Waals surface area (Å²) in [5, 5.41) is 10.2. The first kappa shape index (κ1) is 16.4. The average molecular weight is 316 g/mol. The molecule has 0 heterocycles. The van der Waals surface area contributed by atoms with Gasteiger partial charge in [0.15, 0.2) is 0 Å². The van der Waals surface area contributed by atoms with Gasteiger partial charge in [-0.3, -0.25) is 0 Å². The van der Waals surface area contributed by atoms with Crippen LogP contribution in [-0.2, 0) is 10.2 Å². The van der Waals surface area contributed by atoms with Crippen molar-refractivity contribution >= 4 is 10.2 Å².